The predicted molar refractivity (Wildman–Crippen MR) is 115 cm³/mol. The summed E-state index contributed by atoms with van der Waals surface area (Å²) in [7, 11) is -3.72. The van der Waals surface area contributed by atoms with Crippen LogP contribution in [0.4, 0.5) is 16.0 Å². The van der Waals surface area contributed by atoms with Gasteiger partial charge in [0.1, 0.15) is 5.82 Å². The summed E-state index contributed by atoms with van der Waals surface area (Å²) in [5.74, 6) is 1.10. The molecule has 1 atom stereocenters. The van der Waals surface area contributed by atoms with E-state index in [-0.39, 0.29) is 4.90 Å². The molecule has 9 heteroatoms. The maximum atomic E-state index is 13.6. The van der Waals surface area contributed by atoms with Crippen molar-refractivity contribution in [2.45, 2.75) is 44.0 Å². The molecule has 0 N–H and O–H groups in total. The highest BCUT2D eigenvalue weighted by atomic mass is 32.2. The lowest BCUT2D eigenvalue weighted by Gasteiger charge is -2.36. The number of hydrogen-bond acceptors (Lipinski definition) is 6. The molecule has 0 aliphatic carbocycles. The number of rotatable bonds is 4. The van der Waals surface area contributed by atoms with E-state index in [1.807, 2.05) is 17.0 Å². The minimum absolute atomic E-state index is 0.0377. The molecule has 2 saturated heterocycles. The van der Waals surface area contributed by atoms with Gasteiger partial charge in [0.2, 0.25) is 10.0 Å². The minimum atomic E-state index is -3.72. The van der Waals surface area contributed by atoms with Crippen LogP contribution in [0.5, 0.6) is 0 Å². The van der Waals surface area contributed by atoms with Crippen LogP contribution in [0.3, 0.4) is 0 Å². The number of anilines is 2. The van der Waals surface area contributed by atoms with Gasteiger partial charge in [-0.1, -0.05) is 6.07 Å². The summed E-state index contributed by atoms with van der Waals surface area (Å²) in [5.41, 5.74) is 0.548. The number of halogens is 1. The number of aromatic nitrogens is 2. The molecule has 4 rings (SSSR count). The molecule has 7 nitrogen and oxygen atoms in total. The van der Waals surface area contributed by atoms with Gasteiger partial charge >= 0.3 is 0 Å². The largest absolute Gasteiger partial charge is 0.352 e. The summed E-state index contributed by atoms with van der Waals surface area (Å²) in [6, 6.07) is 8.31. The average Bonchev–Trinajstić information content (AvgIpc) is 2.76. The molecule has 0 radical (unpaired) electrons. The van der Waals surface area contributed by atoms with Crippen LogP contribution in [-0.2, 0) is 10.0 Å². The lowest BCUT2D eigenvalue weighted by Crippen LogP contribution is -2.49. The van der Waals surface area contributed by atoms with E-state index in [0.717, 1.165) is 24.2 Å². The highest BCUT2D eigenvalue weighted by Gasteiger charge is 2.30. The Morgan fingerprint density at radius 3 is 2.33 bits per heavy atom. The van der Waals surface area contributed by atoms with Crippen LogP contribution in [0.25, 0.3) is 0 Å². The quantitative estimate of drug-likeness (QED) is 0.739. The van der Waals surface area contributed by atoms with E-state index in [0.29, 0.717) is 37.8 Å². The molecule has 2 aliphatic heterocycles. The molecule has 3 heterocycles. The zero-order valence-electron chi connectivity index (χ0n) is 17.5. The molecule has 2 fully saturated rings. The third-order valence-corrected chi connectivity index (χ3v) is 8.10. The van der Waals surface area contributed by atoms with Gasteiger partial charge in [-0.15, -0.1) is 10.2 Å². The predicted octanol–water partition coefficient (Wildman–Crippen LogP) is 2.81. The molecule has 30 heavy (non-hydrogen) atoms. The van der Waals surface area contributed by atoms with Crippen molar-refractivity contribution in [2.24, 2.45) is 0 Å². The van der Waals surface area contributed by atoms with E-state index in [9.17, 15) is 12.8 Å². The summed E-state index contributed by atoms with van der Waals surface area (Å²) in [4.78, 5) is 4.38. The Hall–Kier alpha value is -2.26. The monoisotopic (exact) mass is 433 g/mol. The summed E-state index contributed by atoms with van der Waals surface area (Å²) >= 11 is 0. The van der Waals surface area contributed by atoms with Gasteiger partial charge in [0, 0.05) is 38.8 Å². The molecular weight excluding hydrogens is 405 g/mol. The number of nitrogens with zero attached hydrogens (tertiary/aromatic N) is 5. The van der Waals surface area contributed by atoms with E-state index < -0.39 is 15.8 Å². The first-order valence-corrected chi connectivity index (χ1v) is 11.9. The van der Waals surface area contributed by atoms with Crippen molar-refractivity contribution in [3.63, 3.8) is 0 Å². The summed E-state index contributed by atoms with van der Waals surface area (Å²) in [6.45, 7) is 6.59. The van der Waals surface area contributed by atoms with Crippen molar-refractivity contribution in [1.82, 2.24) is 14.5 Å². The normalized spacial score (nSPS) is 21.1. The van der Waals surface area contributed by atoms with Crippen LogP contribution in [0.2, 0.25) is 0 Å². The maximum Gasteiger partial charge on any atom is 0.243 e. The molecule has 0 saturated carbocycles. The molecule has 2 aliphatic rings. The Morgan fingerprint density at radius 1 is 0.967 bits per heavy atom. The highest BCUT2D eigenvalue weighted by Crippen LogP contribution is 2.25. The van der Waals surface area contributed by atoms with Crippen LogP contribution in [0, 0.1) is 12.7 Å². The van der Waals surface area contributed by atoms with Crippen molar-refractivity contribution in [3.05, 3.63) is 41.7 Å². The van der Waals surface area contributed by atoms with Gasteiger partial charge in [-0.3, -0.25) is 0 Å². The van der Waals surface area contributed by atoms with Crippen molar-refractivity contribution in [2.75, 3.05) is 42.5 Å². The van der Waals surface area contributed by atoms with Gasteiger partial charge in [0.25, 0.3) is 0 Å². The molecule has 1 aromatic heterocycles. The molecule has 162 valence electrons. The molecular formula is C21H28FN5O2S. The standard InChI is InChI=1S/C21H28FN5O2S/c1-16-6-7-18(22)15-19(16)30(28,29)26-13-11-25(12-14-26)20-8-9-21(24-23-20)27-10-4-3-5-17(27)2/h6-9,15,17H,3-5,10-14H2,1-2H3/t17-/m1/s1. The van der Waals surface area contributed by atoms with Gasteiger partial charge in [0.15, 0.2) is 11.6 Å². The van der Waals surface area contributed by atoms with Gasteiger partial charge in [-0.05, 0) is 62.9 Å². The minimum Gasteiger partial charge on any atom is -0.352 e. The molecule has 1 aromatic carbocycles. The second kappa shape index (κ2) is 8.47. The Labute approximate surface area is 177 Å². The van der Waals surface area contributed by atoms with Gasteiger partial charge in [0.05, 0.1) is 4.90 Å². The van der Waals surface area contributed by atoms with Crippen LogP contribution < -0.4 is 9.80 Å². The summed E-state index contributed by atoms with van der Waals surface area (Å²) in [6.07, 6.45) is 3.60. The van der Waals surface area contributed by atoms with Crippen LogP contribution in [-0.4, -0.2) is 61.7 Å². The van der Waals surface area contributed by atoms with Crippen molar-refractivity contribution < 1.29 is 12.8 Å². The van der Waals surface area contributed by atoms with Crippen LogP contribution >= 0.6 is 0 Å². The first-order valence-electron chi connectivity index (χ1n) is 10.5. The first kappa shape index (κ1) is 21.0. The SMILES string of the molecule is Cc1ccc(F)cc1S(=O)(=O)N1CCN(c2ccc(N3CCCC[C@H]3C)nn2)CC1. The van der Waals surface area contributed by atoms with Crippen LogP contribution in [0.1, 0.15) is 31.7 Å². The zero-order valence-corrected chi connectivity index (χ0v) is 18.3. The lowest BCUT2D eigenvalue weighted by atomic mass is 10.0. The Morgan fingerprint density at radius 2 is 1.67 bits per heavy atom. The van der Waals surface area contributed by atoms with E-state index in [2.05, 4.69) is 22.0 Å². The van der Waals surface area contributed by atoms with Crippen LogP contribution in [0.15, 0.2) is 35.2 Å². The summed E-state index contributed by atoms with van der Waals surface area (Å²) in [5, 5.41) is 8.83. The fraction of sp³-hybridized carbons (Fsp3) is 0.524. The second-order valence-electron chi connectivity index (χ2n) is 8.09. The smallest absolute Gasteiger partial charge is 0.243 e. The van der Waals surface area contributed by atoms with E-state index in [1.54, 1.807) is 6.92 Å². The molecule has 0 bridgehead atoms. The average molecular weight is 434 g/mol. The fourth-order valence-electron chi connectivity index (χ4n) is 4.23. The molecule has 0 unspecified atom stereocenters. The molecule has 0 spiro atoms. The first-order chi connectivity index (χ1) is 14.4. The number of benzene rings is 1. The Kier molecular flexibility index (Phi) is 5.92. The number of piperidine rings is 1. The van der Waals surface area contributed by atoms with Crippen molar-refractivity contribution in [1.29, 1.82) is 0 Å². The van der Waals surface area contributed by atoms with E-state index in [1.165, 1.54) is 35.7 Å². The highest BCUT2D eigenvalue weighted by molar-refractivity contribution is 7.89. The zero-order chi connectivity index (χ0) is 21.3. The number of hydrogen-bond donors (Lipinski definition) is 0. The third kappa shape index (κ3) is 4.13. The van der Waals surface area contributed by atoms with Gasteiger partial charge in [-0.2, -0.15) is 4.31 Å². The topological polar surface area (TPSA) is 69.6 Å². The maximum absolute atomic E-state index is 13.6. The lowest BCUT2D eigenvalue weighted by molar-refractivity contribution is 0.383. The number of piperazine rings is 1. The van der Waals surface area contributed by atoms with E-state index >= 15 is 0 Å². The summed E-state index contributed by atoms with van der Waals surface area (Å²) < 4.78 is 41.0. The van der Waals surface area contributed by atoms with E-state index in [4.69, 9.17) is 0 Å². The second-order valence-corrected chi connectivity index (χ2v) is 10.00. The molecule has 0 amide bonds. The van der Waals surface area contributed by atoms with Crippen molar-refractivity contribution in [3.8, 4) is 0 Å². The Balaban J connectivity index is 1.42. The van der Waals surface area contributed by atoms with Crippen molar-refractivity contribution >= 4 is 21.7 Å². The van der Waals surface area contributed by atoms with Gasteiger partial charge < -0.3 is 9.80 Å². The Bertz CT molecular complexity index is 991. The van der Waals surface area contributed by atoms with Gasteiger partial charge in [-0.25, -0.2) is 12.8 Å². The number of aryl methyl sites for hydroxylation is 1. The third-order valence-electron chi connectivity index (χ3n) is 6.06. The molecule has 2 aromatic rings. The number of sulfonamides is 1. The fourth-order valence-corrected chi connectivity index (χ4v) is 5.89.